The molecule has 0 spiro atoms. The van der Waals surface area contributed by atoms with Crippen LogP contribution in [-0.2, 0) is 10.0 Å². The third-order valence-electron chi connectivity index (χ3n) is 2.42. The average Bonchev–Trinajstić information content (AvgIpc) is 2.40. The molecule has 19 heavy (non-hydrogen) atoms. The standard InChI is InChI=1S/C13H13N3O2S/c14-15-10-11-5-4-6-12(9-11)16-19(17,18)13-7-2-1-3-8-13/h1-10,16H,14H2. The topological polar surface area (TPSA) is 84.5 Å². The van der Waals surface area contributed by atoms with E-state index in [4.69, 9.17) is 5.84 Å². The second-order valence-electron chi connectivity index (χ2n) is 3.82. The van der Waals surface area contributed by atoms with Crippen LogP contribution in [0.5, 0.6) is 0 Å². The minimum atomic E-state index is -3.57. The van der Waals surface area contributed by atoms with E-state index in [0.29, 0.717) is 5.69 Å². The summed E-state index contributed by atoms with van der Waals surface area (Å²) in [6.45, 7) is 0. The molecule has 0 heterocycles. The van der Waals surface area contributed by atoms with Gasteiger partial charge in [0.2, 0.25) is 0 Å². The van der Waals surface area contributed by atoms with Gasteiger partial charge in [-0.1, -0.05) is 30.3 Å². The van der Waals surface area contributed by atoms with Crippen LogP contribution in [0.25, 0.3) is 0 Å². The zero-order chi connectivity index (χ0) is 13.7. The van der Waals surface area contributed by atoms with Gasteiger partial charge < -0.3 is 5.84 Å². The zero-order valence-corrected chi connectivity index (χ0v) is 10.8. The lowest BCUT2D eigenvalue weighted by Gasteiger charge is -2.08. The number of hydrogen-bond donors (Lipinski definition) is 2. The molecule has 0 saturated heterocycles. The van der Waals surface area contributed by atoms with E-state index in [0.717, 1.165) is 5.56 Å². The first-order valence-corrected chi connectivity index (χ1v) is 7.01. The Kier molecular flexibility index (Phi) is 3.82. The summed E-state index contributed by atoms with van der Waals surface area (Å²) in [4.78, 5) is 0.216. The van der Waals surface area contributed by atoms with Gasteiger partial charge in [0.1, 0.15) is 0 Å². The van der Waals surface area contributed by atoms with Gasteiger partial charge >= 0.3 is 0 Å². The fourth-order valence-electron chi connectivity index (χ4n) is 1.58. The number of nitrogens with zero attached hydrogens (tertiary/aromatic N) is 1. The maximum Gasteiger partial charge on any atom is 0.261 e. The Morgan fingerprint density at radius 1 is 1.05 bits per heavy atom. The quantitative estimate of drug-likeness (QED) is 0.506. The van der Waals surface area contributed by atoms with Crippen LogP contribution >= 0.6 is 0 Å². The molecule has 2 rings (SSSR count). The summed E-state index contributed by atoms with van der Waals surface area (Å²) in [6, 6.07) is 15.0. The molecule has 0 aliphatic heterocycles. The molecule has 3 N–H and O–H groups in total. The van der Waals surface area contributed by atoms with Crippen molar-refractivity contribution >= 4 is 21.9 Å². The van der Waals surface area contributed by atoms with Crippen LogP contribution in [0.2, 0.25) is 0 Å². The third-order valence-corrected chi connectivity index (χ3v) is 3.81. The van der Waals surface area contributed by atoms with Gasteiger partial charge in [0.25, 0.3) is 10.0 Å². The second-order valence-corrected chi connectivity index (χ2v) is 5.50. The molecule has 0 aliphatic rings. The van der Waals surface area contributed by atoms with Crippen molar-refractivity contribution in [2.75, 3.05) is 4.72 Å². The van der Waals surface area contributed by atoms with Gasteiger partial charge in [-0.25, -0.2) is 8.42 Å². The minimum absolute atomic E-state index is 0.216. The van der Waals surface area contributed by atoms with Crippen LogP contribution in [0.3, 0.4) is 0 Å². The Hall–Kier alpha value is -2.34. The van der Waals surface area contributed by atoms with Gasteiger partial charge in [-0.2, -0.15) is 5.10 Å². The number of anilines is 1. The molecule has 0 bridgehead atoms. The molecule has 0 aliphatic carbocycles. The SMILES string of the molecule is NN=Cc1cccc(NS(=O)(=O)c2ccccc2)c1. The maximum atomic E-state index is 12.1. The lowest BCUT2D eigenvalue weighted by Crippen LogP contribution is -2.12. The fourth-order valence-corrected chi connectivity index (χ4v) is 2.65. The van der Waals surface area contributed by atoms with Crippen molar-refractivity contribution in [3.05, 3.63) is 60.2 Å². The Morgan fingerprint density at radius 2 is 1.79 bits per heavy atom. The van der Waals surface area contributed by atoms with Crippen molar-refractivity contribution in [1.82, 2.24) is 0 Å². The zero-order valence-electron chi connectivity index (χ0n) is 10.0. The van der Waals surface area contributed by atoms with Gasteiger partial charge in [0, 0.05) is 5.69 Å². The minimum Gasteiger partial charge on any atom is -0.323 e. The van der Waals surface area contributed by atoms with Crippen LogP contribution in [-0.4, -0.2) is 14.6 Å². The largest absolute Gasteiger partial charge is 0.323 e. The number of hydrogen-bond acceptors (Lipinski definition) is 4. The highest BCUT2D eigenvalue weighted by molar-refractivity contribution is 7.92. The molecule has 2 aromatic carbocycles. The lowest BCUT2D eigenvalue weighted by molar-refractivity contribution is 0.601. The number of sulfonamides is 1. The monoisotopic (exact) mass is 275 g/mol. The van der Waals surface area contributed by atoms with Crippen LogP contribution < -0.4 is 10.6 Å². The van der Waals surface area contributed by atoms with Gasteiger partial charge in [-0.15, -0.1) is 0 Å². The maximum absolute atomic E-state index is 12.1. The van der Waals surface area contributed by atoms with E-state index in [-0.39, 0.29) is 4.90 Å². The van der Waals surface area contributed by atoms with Crippen molar-refractivity contribution in [2.45, 2.75) is 4.90 Å². The van der Waals surface area contributed by atoms with Crippen LogP contribution in [0, 0.1) is 0 Å². The molecule has 0 aromatic heterocycles. The van der Waals surface area contributed by atoms with Crippen molar-refractivity contribution in [2.24, 2.45) is 10.9 Å². The second kappa shape index (κ2) is 5.53. The van der Waals surface area contributed by atoms with Gasteiger partial charge in [0.05, 0.1) is 11.1 Å². The molecule has 0 saturated carbocycles. The molecule has 0 fully saturated rings. The van der Waals surface area contributed by atoms with E-state index >= 15 is 0 Å². The van der Waals surface area contributed by atoms with Crippen LogP contribution in [0.1, 0.15) is 5.56 Å². The molecule has 0 amide bonds. The van der Waals surface area contributed by atoms with E-state index in [1.165, 1.54) is 18.3 Å². The fraction of sp³-hybridized carbons (Fsp3) is 0. The van der Waals surface area contributed by atoms with Gasteiger partial charge in [-0.3, -0.25) is 4.72 Å². The summed E-state index contributed by atoms with van der Waals surface area (Å²) >= 11 is 0. The predicted octanol–water partition coefficient (Wildman–Crippen LogP) is 1.78. The molecular formula is C13H13N3O2S. The summed E-state index contributed by atoms with van der Waals surface area (Å²) in [6.07, 6.45) is 1.44. The third kappa shape index (κ3) is 3.32. The number of hydrazone groups is 1. The molecule has 0 radical (unpaired) electrons. The Balaban J connectivity index is 2.28. The summed E-state index contributed by atoms with van der Waals surface area (Å²) < 4.78 is 26.7. The highest BCUT2D eigenvalue weighted by atomic mass is 32.2. The van der Waals surface area contributed by atoms with E-state index in [2.05, 4.69) is 9.82 Å². The molecule has 2 aromatic rings. The van der Waals surface area contributed by atoms with Crippen LogP contribution in [0.4, 0.5) is 5.69 Å². The predicted molar refractivity (Wildman–Crippen MR) is 75.5 cm³/mol. The smallest absolute Gasteiger partial charge is 0.261 e. The first kappa shape index (κ1) is 13.1. The first-order valence-electron chi connectivity index (χ1n) is 5.53. The normalized spacial score (nSPS) is 11.6. The lowest BCUT2D eigenvalue weighted by atomic mass is 10.2. The highest BCUT2D eigenvalue weighted by Crippen LogP contribution is 2.16. The molecule has 98 valence electrons. The molecule has 0 unspecified atom stereocenters. The Bertz CT molecular complexity index is 682. The summed E-state index contributed by atoms with van der Waals surface area (Å²) in [5.41, 5.74) is 1.18. The first-order chi connectivity index (χ1) is 9.12. The average molecular weight is 275 g/mol. The van der Waals surface area contributed by atoms with E-state index < -0.39 is 10.0 Å². The van der Waals surface area contributed by atoms with E-state index in [1.54, 1.807) is 42.5 Å². The van der Waals surface area contributed by atoms with Gasteiger partial charge in [0.15, 0.2) is 0 Å². The Morgan fingerprint density at radius 3 is 2.47 bits per heavy atom. The number of nitrogens with one attached hydrogen (secondary N) is 1. The van der Waals surface area contributed by atoms with Crippen molar-refractivity contribution in [1.29, 1.82) is 0 Å². The number of rotatable bonds is 4. The summed E-state index contributed by atoms with van der Waals surface area (Å²) in [7, 11) is -3.57. The molecule has 0 atom stereocenters. The molecule has 5 nitrogen and oxygen atoms in total. The summed E-state index contributed by atoms with van der Waals surface area (Å²) in [5.74, 6) is 5.06. The van der Waals surface area contributed by atoms with Gasteiger partial charge in [-0.05, 0) is 29.8 Å². The molecule has 6 heteroatoms. The number of benzene rings is 2. The number of nitrogens with two attached hydrogens (primary N) is 1. The van der Waals surface area contributed by atoms with Crippen LogP contribution in [0.15, 0.2) is 64.6 Å². The van der Waals surface area contributed by atoms with Crippen molar-refractivity contribution < 1.29 is 8.42 Å². The summed E-state index contributed by atoms with van der Waals surface area (Å²) in [5, 5.41) is 3.40. The van der Waals surface area contributed by atoms with E-state index in [1.807, 2.05) is 0 Å². The van der Waals surface area contributed by atoms with Crippen molar-refractivity contribution in [3.63, 3.8) is 0 Å². The van der Waals surface area contributed by atoms with Crippen molar-refractivity contribution in [3.8, 4) is 0 Å². The molecular weight excluding hydrogens is 262 g/mol. The van der Waals surface area contributed by atoms with E-state index in [9.17, 15) is 8.42 Å². The highest BCUT2D eigenvalue weighted by Gasteiger charge is 2.13. The Labute approximate surface area is 111 Å².